The van der Waals surface area contributed by atoms with E-state index < -0.39 is 0 Å². The van der Waals surface area contributed by atoms with E-state index in [1.54, 1.807) is 0 Å². The van der Waals surface area contributed by atoms with E-state index >= 15 is 0 Å². The maximum absolute atomic E-state index is 12.7. The number of rotatable bonds is 5. The van der Waals surface area contributed by atoms with Gasteiger partial charge in [-0.05, 0) is 36.4 Å². The summed E-state index contributed by atoms with van der Waals surface area (Å²) in [5.74, 6) is 0.663. The second-order valence-electron chi connectivity index (χ2n) is 8.57. The van der Waals surface area contributed by atoms with Crippen molar-refractivity contribution >= 4 is 33.6 Å². The zero-order valence-electron chi connectivity index (χ0n) is 17.9. The van der Waals surface area contributed by atoms with E-state index in [9.17, 15) is 4.79 Å². The van der Waals surface area contributed by atoms with Crippen LogP contribution in [0.1, 0.15) is 24.0 Å². The molecule has 0 radical (unpaired) electrons. The number of nitrogens with zero attached hydrogens (tertiary/aromatic N) is 1. The highest BCUT2D eigenvalue weighted by Crippen LogP contribution is 2.29. The van der Waals surface area contributed by atoms with Crippen LogP contribution in [-0.4, -0.2) is 50.3 Å². The number of benzene rings is 2. The molecule has 2 heterocycles. The van der Waals surface area contributed by atoms with E-state index in [0.717, 1.165) is 58.6 Å². The Balaban J connectivity index is 0.00000272. The summed E-state index contributed by atoms with van der Waals surface area (Å²) in [4.78, 5) is 12.7. The van der Waals surface area contributed by atoms with E-state index in [1.165, 1.54) is 5.56 Å². The Morgan fingerprint density at radius 1 is 1.13 bits per heavy atom. The molecule has 2 aliphatic rings. The molecule has 2 aromatic rings. The van der Waals surface area contributed by atoms with Crippen molar-refractivity contribution in [2.75, 3.05) is 39.2 Å². The van der Waals surface area contributed by atoms with Gasteiger partial charge in [0, 0.05) is 34.1 Å². The van der Waals surface area contributed by atoms with Crippen molar-refractivity contribution in [2.24, 2.45) is 0 Å². The summed E-state index contributed by atoms with van der Waals surface area (Å²) in [7, 11) is 4.58. The lowest BCUT2D eigenvalue weighted by atomic mass is 10.0. The number of nitrogens with one attached hydrogen (secondary N) is 1. The van der Waals surface area contributed by atoms with Crippen LogP contribution in [0.4, 0.5) is 5.69 Å². The van der Waals surface area contributed by atoms with E-state index in [1.807, 2.05) is 36.4 Å². The standard InChI is InChI=1S/C24H27BrN2O3.ClH/c1-27(2,22-9-11-29-12-10-22)15-17-3-6-21(7-4-17)26-24(28)19-13-18-14-20(25)5-8-23(18)30-16-19;/h3-8,13-14,22H,9-12,15-16H2,1-2H3;1H. The monoisotopic (exact) mass is 506 g/mol. The summed E-state index contributed by atoms with van der Waals surface area (Å²) in [6.45, 7) is 2.95. The van der Waals surface area contributed by atoms with Crippen molar-refractivity contribution < 1.29 is 31.2 Å². The van der Waals surface area contributed by atoms with Crippen molar-refractivity contribution in [1.82, 2.24) is 0 Å². The molecule has 31 heavy (non-hydrogen) atoms. The molecule has 5 nitrogen and oxygen atoms in total. The number of anilines is 1. The minimum absolute atomic E-state index is 0. The van der Waals surface area contributed by atoms with Crippen molar-refractivity contribution in [2.45, 2.75) is 25.4 Å². The number of carbonyl (C=O) groups excluding carboxylic acids is 1. The highest BCUT2D eigenvalue weighted by Gasteiger charge is 2.30. The minimum Gasteiger partial charge on any atom is -1.00 e. The summed E-state index contributed by atoms with van der Waals surface area (Å²) in [5, 5.41) is 2.99. The summed E-state index contributed by atoms with van der Waals surface area (Å²) < 4.78 is 13.1. The second-order valence-corrected chi connectivity index (χ2v) is 9.49. The van der Waals surface area contributed by atoms with Gasteiger partial charge in [-0.2, -0.15) is 0 Å². The van der Waals surface area contributed by atoms with Crippen molar-refractivity contribution in [1.29, 1.82) is 0 Å². The van der Waals surface area contributed by atoms with Gasteiger partial charge >= 0.3 is 0 Å². The fourth-order valence-corrected chi connectivity index (χ4v) is 4.55. The molecule has 1 N–H and O–H groups in total. The molecular formula is C24H28BrClN2O3. The maximum atomic E-state index is 12.7. The zero-order chi connectivity index (χ0) is 21.1. The third-order valence-electron chi connectivity index (χ3n) is 5.96. The first-order valence-electron chi connectivity index (χ1n) is 10.3. The summed E-state index contributed by atoms with van der Waals surface area (Å²) >= 11 is 3.46. The van der Waals surface area contributed by atoms with Gasteiger partial charge in [0.05, 0.1) is 38.9 Å². The lowest BCUT2D eigenvalue weighted by Gasteiger charge is -2.40. The van der Waals surface area contributed by atoms with E-state index in [4.69, 9.17) is 9.47 Å². The Hall–Kier alpha value is -1.86. The van der Waals surface area contributed by atoms with Gasteiger partial charge in [0.25, 0.3) is 5.91 Å². The maximum Gasteiger partial charge on any atom is 0.255 e. The third-order valence-corrected chi connectivity index (χ3v) is 6.45. The molecule has 0 bridgehead atoms. The molecule has 1 fully saturated rings. The lowest BCUT2D eigenvalue weighted by Crippen LogP contribution is -3.00. The highest BCUT2D eigenvalue weighted by atomic mass is 79.9. The van der Waals surface area contributed by atoms with Crippen molar-refractivity contribution in [3.8, 4) is 5.75 Å². The summed E-state index contributed by atoms with van der Waals surface area (Å²) in [6, 6.07) is 14.6. The first-order valence-corrected chi connectivity index (χ1v) is 11.1. The number of carbonyl (C=O) groups is 1. The number of hydrogen-bond acceptors (Lipinski definition) is 3. The van der Waals surface area contributed by atoms with Crippen molar-refractivity contribution in [3.05, 3.63) is 63.6 Å². The van der Waals surface area contributed by atoms with Crippen LogP contribution >= 0.6 is 15.9 Å². The van der Waals surface area contributed by atoms with Crippen LogP contribution in [-0.2, 0) is 16.1 Å². The molecule has 0 aromatic heterocycles. The molecule has 0 aliphatic carbocycles. The SMILES string of the molecule is C[N+](C)(Cc1ccc(NC(=O)C2=Cc3cc(Br)ccc3OC2)cc1)C1CCOCC1.[Cl-]. The number of fused-ring (bicyclic) bond motifs is 1. The Morgan fingerprint density at radius 2 is 1.84 bits per heavy atom. The fraction of sp³-hybridized carbons (Fsp3) is 0.375. The van der Waals surface area contributed by atoms with Gasteiger partial charge in [-0.15, -0.1) is 0 Å². The molecule has 1 saturated heterocycles. The summed E-state index contributed by atoms with van der Waals surface area (Å²) in [5.41, 5.74) is 3.58. The molecule has 166 valence electrons. The average Bonchev–Trinajstić information content (AvgIpc) is 2.75. The lowest BCUT2D eigenvalue weighted by molar-refractivity contribution is -0.929. The predicted molar refractivity (Wildman–Crippen MR) is 122 cm³/mol. The number of hydrogen-bond donors (Lipinski definition) is 1. The van der Waals surface area contributed by atoms with E-state index in [0.29, 0.717) is 11.6 Å². The predicted octanol–water partition coefficient (Wildman–Crippen LogP) is 1.62. The molecule has 2 aliphatic heterocycles. The Morgan fingerprint density at radius 3 is 2.55 bits per heavy atom. The van der Waals surface area contributed by atoms with Gasteiger partial charge in [0.1, 0.15) is 18.9 Å². The summed E-state index contributed by atoms with van der Waals surface area (Å²) in [6.07, 6.45) is 4.11. The van der Waals surface area contributed by atoms with Gasteiger partial charge in [0.15, 0.2) is 0 Å². The van der Waals surface area contributed by atoms with Crippen LogP contribution in [0.2, 0.25) is 0 Å². The Labute approximate surface area is 198 Å². The largest absolute Gasteiger partial charge is 1.00 e. The molecular weight excluding hydrogens is 480 g/mol. The van der Waals surface area contributed by atoms with Crippen molar-refractivity contribution in [3.63, 3.8) is 0 Å². The van der Waals surface area contributed by atoms with Crippen LogP contribution in [0.3, 0.4) is 0 Å². The fourth-order valence-electron chi connectivity index (χ4n) is 4.17. The topological polar surface area (TPSA) is 47.6 Å². The molecule has 0 saturated carbocycles. The Bertz CT molecular complexity index is 954. The smallest absolute Gasteiger partial charge is 0.255 e. The molecule has 1 amide bonds. The first kappa shape index (κ1) is 23.8. The van der Waals surface area contributed by atoms with Gasteiger partial charge in [-0.25, -0.2) is 0 Å². The molecule has 2 aromatic carbocycles. The van der Waals surface area contributed by atoms with E-state index in [2.05, 4.69) is 47.5 Å². The zero-order valence-corrected chi connectivity index (χ0v) is 20.2. The molecule has 4 rings (SSSR count). The van der Waals surface area contributed by atoms with E-state index in [-0.39, 0.29) is 24.9 Å². The number of quaternary nitrogens is 1. The second kappa shape index (κ2) is 10.2. The molecule has 7 heteroatoms. The van der Waals surface area contributed by atoms with Crippen LogP contribution in [0.5, 0.6) is 5.75 Å². The van der Waals surface area contributed by atoms with Crippen LogP contribution in [0.25, 0.3) is 6.08 Å². The van der Waals surface area contributed by atoms with Crippen LogP contribution in [0.15, 0.2) is 52.5 Å². The quantitative estimate of drug-likeness (QED) is 0.626. The number of amides is 1. The Kier molecular flexibility index (Phi) is 7.81. The average molecular weight is 508 g/mol. The molecule has 0 unspecified atom stereocenters. The molecule has 0 atom stereocenters. The van der Waals surface area contributed by atoms with Gasteiger partial charge in [-0.3, -0.25) is 4.79 Å². The minimum atomic E-state index is -0.133. The van der Waals surface area contributed by atoms with Gasteiger partial charge in [0.2, 0.25) is 0 Å². The van der Waals surface area contributed by atoms with Crippen LogP contribution < -0.4 is 22.5 Å². The first-order chi connectivity index (χ1) is 14.4. The third kappa shape index (κ3) is 5.89. The molecule has 0 spiro atoms. The van der Waals surface area contributed by atoms with Crippen LogP contribution in [0, 0.1) is 0 Å². The van der Waals surface area contributed by atoms with Gasteiger partial charge in [-0.1, -0.05) is 28.1 Å². The normalized spacial score (nSPS) is 16.4. The number of halogens is 2. The highest BCUT2D eigenvalue weighted by molar-refractivity contribution is 9.10. The number of ether oxygens (including phenoxy) is 2. The van der Waals surface area contributed by atoms with Gasteiger partial charge < -0.3 is 31.7 Å².